The lowest BCUT2D eigenvalue weighted by molar-refractivity contribution is -0.0904. The predicted octanol–water partition coefficient (Wildman–Crippen LogP) is 2.62. The fourth-order valence-corrected chi connectivity index (χ4v) is 2.71. The minimum atomic E-state index is -0.641. The summed E-state index contributed by atoms with van der Waals surface area (Å²) in [4.78, 5) is 2.35. The quantitative estimate of drug-likeness (QED) is 0.839. The molecule has 0 spiro atoms. The number of benzene rings is 1. The Morgan fingerprint density at radius 3 is 2.90 bits per heavy atom. The highest BCUT2D eigenvalue weighted by Crippen LogP contribution is 2.30. The van der Waals surface area contributed by atoms with Gasteiger partial charge in [-0.05, 0) is 25.5 Å². The van der Waals surface area contributed by atoms with Crippen LogP contribution in [0.25, 0.3) is 0 Å². The molecule has 0 aromatic heterocycles. The maximum Gasteiger partial charge on any atom is 0.125 e. The lowest BCUT2D eigenvalue weighted by Crippen LogP contribution is -2.45. The van der Waals surface area contributed by atoms with Crippen molar-refractivity contribution >= 4 is 0 Å². The van der Waals surface area contributed by atoms with Gasteiger partial charge in [0.2, 0.25) is 0 Å². The van der Waals surface area contributed by atoms with Crippen LogP contribution in [0.2, 0.25) is 0 Å². The third-order valence-electron chi connectivity index (χ3n) is 3.77. The Balaban J connectivity index is 2.06. The van der Waals surface area contributed by atoms with Crippen LogP contribution in [-0.4, -0.2) is 49.0 Å². The summed E-state index contributed by atoms with van der Waals surface area (Å²) in [6.45, 7) is 8.38. The molecule has 2 rings (SSSR count). The van der Waals surface area contributed by atoms with Gasteiger partial charge in [-0.2, -0.15) is 0 Å². The highest BCUT2D eigenvalue weighted by atomic mass is 16.5. The SMILES string of the molecule is CCCOc1ccccc1C(O)C1CN(CCC)CCO1. The molecule has 1 N–H and O–H groups in total. The number of hydrogen-bond donors (Lipinski definition) is 1. The topological polar surface area (TPSA) is 41.9 Å². The Morgan fingerprint density at radius 2 is 2.14 bits per heavy atom. The number of morpholine rings is 1. The maximum absolute atomic E-state index is 10.7. The van der Waals surface area contributed by atoms with Gasteiger partial charge in [0.25, 0.3) is 0 Å². The van der Waals surface area contributed by atoms with E-state index in [1.165, 1.54) is 0 Å². The Kier molecular flexibility index (Phi) is 6.49. The van der Waals surface area contributed by atoms with Crippen molar-refractivity contribution in [1.29, 1.82) is 0 Å². The van der Waals surface area contributed by atoms with Gasteiger partial charge in [-0.3, -0.25) is 4.90 Å². The van der Waals surface area contributed by atoms with E-state index in [1.807, 2.05) is 24.3 Å². The van der Waals surface area contributed by atoms with Crippen molar-refractivity contribution in [2.45, 2.75) is 38.9 Å². The van der Waals surface area contributed by atoms with Crippen LogP contribution in [-0.2, 0) is 4.74 Å². The third kappa shape index (κ3) is 4.43. The summed E-state index contributed by atoms with van der Waals surface area (Å²) >= 11 is 0. The van der Waals surface area contributed by atoms with Crippen LogP contribution in [0.3, 0.4) is 0 Å². The normalized spacial score (nSPS) is 21.2. The molecular weight excluding hydrogens is 266 g/mol. The summed E-state index contributed by atoms with van der Waals surface area (Å²) in [6.07, 6.45) is 1.25. The maximum atomic E-state index is 10.7. The van der Waals surface area contributed by atoms with Crippen molar-refractivity contribution in [3.63, 3.8) is 0 Å². The largest absolute Gasteiger partial charge is 0.493 e. The van der Waals surface area contributed by atoms with Crippen LogP contribution in [0.5, 0.6) is 5.75 Å². The first-order chi connectivity index (χ1) is 10.3. The number of aliphatic hydroxyl groups is 1. The molecular formula is C17H27NO3. The Hall–Kier alpha value is -1.10. The summed E-state index contributed by atoms with van der Waals surface area (Å²) in [5.41, 5.74) is 0.828. The number of para-hydroxylation sites is 1. The molecule has 1 aliphatic heterocycles. The summed E-state index contributed by atoms with van der Waals surface area (Å²) < 4.78 is 11.5. The zero-order valence-electron chi connectivity index (χ0n) is 13.1. The van der Waals surface area contributed by atoms with Gasteiger partial charge in [0, 0.05) is 18.7 Å². The third-order valence-corrected chi connectivity index (χ3v) is 3.77. The van der Waals surface area contributed by atoms with Crippen LogP contribution >= 0.6 is 0 Å². The van der Waals surface area contributed by atoms with E-state index in [2.05, 4.69) is 18.7 Å². The van der Waals surface area contributed by atoms with Crippen LogP contribution in [0, 0.1) is 0 Å². The van der Waals surface area contributed by atoms with E-state index in [0.29, 0.717) is 13.2 Å². The number of rotatable bonds is 7. The number of aliphatic hydroxyl groups excluding tert-OH is 1. The van der Waals surface area contributed by atoms with E-state index < -0.39 is 6.10 Å². The van der Waals surface area contributed by atoms with Crippen molar-refractivity contribution in [2.24, 2.45) is 0 Å². The van der Waals surface area contributed by atoms with E-state index in [1.54, 1.807) is 0 Å². The molecule has 0 saturated carbocycles. The fraction of sp³-hybridized carbons (Fsp3) is 0.647. The second-order valence-corrected chi connectivity index (χ2v) is 5.54. The molecule has 1 fully saturated rings. The monoisotopic (exact) mass is 293 g/mol. The van der Waals surface area contributed by atoms with Gasteiger partial charge in [0.15, 0.2) is 0 Å². The highest BCUT2D eigenvalue weighted by Gasteiger charge is 2.29. The van der Waals surface area contributed by atoms with Gasteiger partial charge < -0.3 is 14.6 Å². The lowest BCUT2D eigenvalue weighted by Gasteiger charge is -2.35. The van der Waals surface area contributed by atoms with Gasteiger partial charge >= 0.3 is 0 Å². The summed E-state index contributed by atoms with van der Waals surface area (Å²) in [6, 6.07) is 7.72. The van der Waals surface area contributed by atoms with E-state index in [9.17, 15) is 5.11 Å². The van der Waals surface area contributed by atoms with Crippen molar-refractivity contribution in [1.82, 2.24) is 4.90 Å². The number of hydrogen-bond acceptors (Lipinski definition) is 4. The van der Waals surface area contributed by atoms with Crippen molar-refractivity contribution < 1.29 is 14.6 Å². The van der Waals surface area contributed by atoms with E-state index >= 15 is 0 Å². The van der Waals surface area contributed by atoms with Crippen molar-refractivity contribution in [3.8, 4) is 5.75 Å². The molecule has 4 heteroatoms. The molecule has 1 aromatic carbocycles. The van der Waals surface area contributed by atoms with Gasteiger partial charge in [-0.15, -0.1) is 0 Å². The van der Waals surface area contributed by atoms with Gasteiger partial charge in [-0.1, -0.05) is 32.0 Å². The van der Waals surface area contributed by atoms with E-state index in [4.69, 9.17) is 9.47 Å². The molecule has 118 valence electrons. The highest BCUT2D eigenvalue weighted by molar-refractivity contribution is 5.35. The van der Waals surface area contributed by atoms with Crippen LogP contribution < -0.4 is 4.74 Å². The Bertz CT molecular complexity index is 422. The molecule has 4 nitrogen and oxygen atoms in total. The smallest absolute Gasteiger partial charge is 0.125 e. The molecule has 0 amide bonds. The van der Waals surface area contributed by atoms with E-state index in [0.717, 1.165) is 43.8 Å². The van der Waals surface area contributed by atoms with E-state index in [-0.39, 0.29) is 6.10 Å². The molecule has 2 atom stereocenters. The van der Waals surface area contributed by atoms with Crippen LogP contribution in [0.15, 0.2) is 24.3 Å². The fourth-order valence-electron chi connectivity index (χ4n) is 2.71. The molecule has 0 bridgehead atoms. The summed E-state index contributed by atoms with van der Waals surface area (Å²) in [5, 5.41) is 10.7. The molecule has 0 aliphatic carbocycles. The van der Waals surface area contributed by atoms with Gasteiger partial charge in [0.05, 0.1) is 13.2 Å². The molecule has 2 unspecified atom stereocenters. The summed E-state index contributed by atoms with van der Waals surface area (Å²) in [7, 11) is 0. The minimum Gasteiger partial charge on any atom is -0.493 e. The van der Waals surface area contributed by atoms with Crippen LogP contribution in [0.4, 0.5) is 0 Å². The van der Waals surface area contributed by atoms with Crippen LogP contribution in [0.1, 0.15) is 38.4 Å². The molecule has 1 aromatic rings. The average Bonchev–Trinajstić information content (AvgIpc) is 2.53. The minimum absolute atomic E-state index is 0.184. The Labute approximate surface area is 127 Å². The number of ether oxygens (including phenoxy) is 2. The first kappa shape index (κ1) is 16.3. The standard InChI is InChI=1S/C17H27NO3/c1-3-9-18-10-12-21-16(13-18)17(19)14-7-5-6-8-15(14)20-11-4-2/h5-8,16-17,19H,3-4,9-13H2,1-2H3. The second-order valence-electron chi connectivity index (χ2n) is 5.54. The Morgan fingerprint density at radius 1 is 1.33 bits per heavy atom. The molecule has 1 aliphatic rings. The zero-order valence-corrected chi connectivity index (χ0v) is 13.1. The summed E-state index contributed by atoms with van der Waals surface area (Å²) in [5.74, 6) is 0.767. The second kappa shape index (κ2) is 8.37. The first-order valence-electron chi connectivity index (χ1n) is 8.00. The van der Waals surface area contributed by atoms with Gasteiger partial charge in [0.1, 0.15) is 18.0 Å². The molecule has 1 heterocycles. The van der Waals surface area contributed by atoms with Crippen molar-refractivity contribution in [2.75, 3.05) is 32.8 Å². The molecule has 0 radical (unpaired) electrons. The molecule has 21 heavy (non-hydrogen) atoms. The first-order valence-corrected chi connectivity index (χ1v) is 8.00. The lowest BCUT2D eigenvalue weighted by atomic mass is 10.0. The average molecular weight is 293 g/mol. The van der Waals surface area contributed by atoms with Crippen molar-refractivity contribution in [3.05, 3.63) is 29.8 Å². The van der Waals surface area contributed by atoms with Gasteiger partial charge in [-0.25, -0.2) is 0 Å². The number of nitrogens with zero attached hydrogens (tertiary/aromatic N) is 1. The predicted molar refractivity (Wildman–Crippen MR) is 83.7 cm³/mol. The zero-order chi connectivity index (χ0) is 15.1. The molecule has 1 saturated heterocycles.